The normalized spacial score (nSPS) is 11.8. The lowest BCUT2D eigenvalue weighted by atomic mass is 10.1. The van der Waals surface area contributed by atoms with Crippen LogP contribution in [0.5, 0.6) is 0 Å². The summed E-state index contributed by atoms with van der Waals surface area (Å²) in [5, 5.41) is 5.43. The van der Waals surface area contributed by atoms with E-state index in [-0.39, 0.29) is 11.8 Å². The zero-order valence-electron chi connectivity index (χ0n) is 12.0. The minimum Gasteiger partial charge on any atom is -0.385 e. The third-order valence-corrected chi connectivity index (χ3v) is 2.79. The molecule has 6 heteroatoms. The number of methoxy groups -OCH3 is 1. The Kier molecular flexibility index (Phi) is 6.14. The number of amides is 2. The molecule has 0 spiro atoms. The molecule has 4 N–H and O–H groups in total. The van der Waals surface area contributed by atoms with Gasteiger partial charge < -0.3 is 21.1 Å². The molecular weight excluding hydrogens is 258 g/mol. The standard InChI is InChI=1S/C14H21N3O3/c1-9-4-5-11(16-10(2)18)8-13(9)17-14(19)12(15)6-7-20-3/h4-5,8,12H,6-7,15H2,1-3H3,(H,16,18)(H,17,19). The molecule has 110 valence electrons. The smallest absolute Gasteiger partial charge is 0.241 e. The van der Waals surface area contributed by atoms with Crippen molar-refractivity contribution in [2.24, 2.45) is 5.73 Å². The first-order chi connectivity index (χ1) is 9.43. The zero-order valence-corrected chi connectivity index (χ0v) is 12.0. The van der Waals surface area contributed by atoms with Crippen LogP contribution in [-0.4, -0.2) is 31.6 Å². The maximum atomic E-state index is 11.9. The molecule has 2 amide bonds. The summed E-state index contributed by atoms with van der Waals surface area (Å²) in [6.45, 7) is 3.73. The van der Waals surface area contributed by atoms with Crippen molar-refractivity contribution in [3.05, 3.63) is 23.8 Å². The number of nitrogens with one attached hydrogen (secondary N) is 2. The predicted molar refractivity (Wildman–Crippen MR) is 78.6 cm³/mol. The summed E-state index contributed by atoms with van der Waals surface area (Å²) >= 11 is 0. The summed E-state index contributed by atoms with van der Waals surface area (Å²) in [4.78, 5) is 23.0. The SMILES string of the molecule is COCCC(N)C(=O)Nc1cc(NC(C)=O)ccc1C. The van der Waals surface area contributed by atoms with Crippen LogP contribution in [0, 0.1) is 6.92 Å². The number of benzene rings is 1. The highest BCUT2D eigenvalue weighted by molar-refractivity contribution is 5.96. The molecule has 0 heterocycles. The van der Waals surface area contributed by atoms with Gasteiger partial charge in [0.1, 0.15) is 0 Å². The van der Waals surface area contributed by atoms with Crippen molar-refractivity contribution in [3.8, 4) is 0 Å². The molecule has 0 aliphatic heterocycles. The van der Waals surface area contributed by atoms with Gasteiger partial charge in [-0.2, -0.15) is 0 Å². The number of nitrogens with two attached hydrogens (primary N) is 1. The van der Waals surface area contributed by atoms with Crippen molar-refractivity contribution in [1.82, 2.24) is 0 Å². The van der Waals surface area contributed by atoms with E-state index < -0.39 is 6.04 Å². The molecule has 0 radical (unpaired) electrons. The lowest BCUT2D eigenvalue weighted by molar-refractivity contribution is -0.117. The van der Waals surface area contributed by atoms with Gasteiger partial charge in [0.15, 0.2) is 0 Å². The monoisotopic (exact) mass is 279 g/mol. The molecule has 20 heavy (non-hydrogen) atoms. The largest absolute Gasteiger partial charge is 0.385 e. The predicted octanol–water partition coefficient (Wildman–Crippen LogP) is 1.26. The number of aryl methyl sites for hydroxylation is 1. The van der Waals surface area contributed by atoms with Crippen molar-refractivity contribution in [3.63, 3.8) is 0 Å². The summed E-state index contributed by atoms with van der Waals surface area (Å²) in [6, 6.07) is 4.68. The van der Waals surface area contributed by atoms with E-state index in [4.69, 9.17) is 10.5 Å². The van der Waals surface area contributed by atoms with Crippen molar-refractivity contribution >= 4 is 23.2 Å². The fraction of sp³-hybridized carbons (Fsp3) is 0.429. The third-order valence-electron chi connectivity index (χ3n) is 2.79. The lowest BCUT2D eigenvalue weighted by Gasteiger charge is -2.14. The molecule has 0 saturated carbocycles. The number of carbonyl (C=O) groups excluding carboxylic acids is 2. The van der Waals surface area contributed by atoms with E-state index in [0.29, 0.717) is 24.4 Å². The highest BCUT2D eigenvalue weighted by Crippen LogP contribution is 2.20. The lowest BCUT2D eigenvalue weighted by Crippen LogP contribution is -2.36. The van der Waals surface area contributed by atoms with E-state index in [9.17, 15) is 9.59 Å². The van der Waals surface area contributed by atoms with E-state index in [1.54, 1.807) is 19.2 Å². The van der Waals surface area contributed by atoms with Crippen LogP contribution in [0.3, 0.4) is 0 Å². The molecule has 1 aromatic rings. The molecule has 1 aromatic carbocycles. The van der Waals surface area contributed by atoms with Crippen molar-refractivity contribution in [1.29, 1.82) is 0 Å². The van der Waals surface area contributed by atoms with Gasteiger partial charge in [-0.3, -0.25) is 9.59 Å². The second kappa shape index (κ2) is 7.62. The van der Waals surface area contributed by atoms with Crippen LogP contribution in [0.25, 0.3) is 0 Å². The maximum Gasteiger partial charge on any atom is 0.241 e. The number of hydrogen-bond acceptors (Lipinski definition) is 4. The zero-order chi connectivity index (χ0) is 15.1. The number of rotatable bonds is 6. The minimum atomic E-state index is -0.626. The van der Waals surface area contributed by atoms with Gasteiger partial charge in [0, 0.05) is 32.0 Å². The Labute approximate surface area is 118 Å². The van der Waals surface area contributed by atoms with Crippen molar-refractivity contribution in [2.75, 3.05) is 24.4 Å². The topological polar surface area (TPSA) is 93.4 Å². The highest BCUT2D eigenvalue weighted by Gasteiger charge is 2.14. The summed E-state index contributed by atoms with van der Waals surface area (Å²) < 4.78 is 4.89. The number of anilines is 2. The van der Waals surface area contributed by atoms with Crippen LogP contribution in [0.2, 0.25) is 0 Å². The van der Waals surface area contributed by atoms with Crippen LogP contribution in [0.15, 0.2) is 18.2 Å². The Bertz CT molecular complexity index is 489. The Balaban J connectivity index is 2.75. The molecular formula is C14H21N3O3. The molecule has 0 aliphatic rings. The van der Waals surface area contributed by atoms with Gasteiger partial charge in [-0.1, -0.05) is 6.07 Å². The first-order valence-corrected chi connectivity index (χ1v) is 6.37. The van der Waals surface area contributed by atoms with Gasteiger partial charge in [0.25, 0.3) is 0 Å². The molecule has 6 nitrogen and oxygen atoms in total. The number of hydrogen-bond donors (Lipinski definition) is 3. The van der Waals surface area contributed by atoms with Gasteiger partial charge in [0.2, 0.25) is 11.8 Å². The number of ether oxygens (including phenoxy) is 1. The van der Waals surface area contributed by atoms with Crippen LogP contribution >= 0.6 is 0 Å². The van der Waals surface area contributed by atoms with Gasteiger partial charge in [-0.25, -0.2) is 0 Å². The highest BCUT2D eigenvalue weighted by atomic mass is 16.5. The summed E-state index contributed by atoms with van der Waals surface area (Å²) in [6.07, 6.45) is 0.451. The average Bonchev–Trinajstić information content (AvgIpc) is 2.39. The molecule has 1 unspecified atom stereocenters. The van der Waals surface area contributed by atoms with E-state index >= 15 is 0 Å². The van der Waals surface area contributed by atoms with Gasteiger partial charge in [-0.15, -0.1) is 0 Å². The summed E-state index contributed by atoms with van der Waals surface area (Å²) in [5.74, 6) is -0.437. The van der Waals surface area contributed by atoms with E-state index in [2.05, 4.69) is 10.6 Å². The van der Waals surface area contributed by atoms with Gasteiger partial charge >= 0.3 is 0 Å². The Morgan fingerprint density at radius 3 is 2.65 bits per heavy atom. The second-order valence-corrected chi connectivity index (χ2v) is 4.59. The molecule has 1 atom stereocenters. The van der Waals surface area contributed by atoms with E-state index in [1.165, 1.54) is 6.92 Å². The van der Waals surface area contributed by atoms with E-state index in [1.807, 2.05) is 13.0 Å². The second-order valence-electron chi connectivity index (χ2n) is 4.59. The quantitative estimate of drug-likeness (QED) is 0.730. The molecule has 1 rings (SSSR count). The first kappa shape index (κ1) is 16.1. The van der Waals surface area contributed by atoms with Gasteiger partial charge in [-0.05, 0) is 31.0 Å². The van der Waals surface area contributed by atoms with Gasteiger partial charge in [0.05, 0.1) is 6.04 Å². The Morgan fingerprint density at radius 1 is 1.35 bits per heavy atom. The Hall–Kier alpha value is -1.92. The molecule has 0 bridgehead atoms. The minimum absolute atomic E-state index is 0.164. The molecule has 0 fully saturated rings. The third kappa shape index (κ3) is 4.99. The summed E-state index contributed by atoms with van der Waals surface area (Å²) in [7, 11) is 1.56. The molecule has 0 saturated heterocycles. The van der Waals surface area contributed by atoms with Crippen LogP contribution in [0.4, 0.5) is 11.4 Å². The van der Waals surface area contributed by atoms with Crippen LogP contribution < -0.4 is 16.4 Å². The molecule has 0 aliphatic carbocycles. The Morgan fingerprint density at radius 2 is 2.05 bits per heavy atom. The van der Waals surface area contributed by atoms with Crippen molar-refractivity contribution < 1.29 is 14.3 Å². The number of carbonyl (C=O) groups is 2. The van der Waals surface area contributed by atoms with Crippen LogP contribution in [0.1, 0.15) is 18.9 Å². The maximum absolute atomic E-state index is 11.9. The van der Waals surface area contributed by atoms with Crippen LogP contribution in [-0.2, 0) is 14.3 Å². The average molecular weight is 279 g/mol. The fourth-order valence-corrected chi connectivity index (χ4v) is 1.64. The fourth-order valence-electron chi connectivity index (χ4n) is 1.64. The van der Waals surface area contributed by atoms with E-state index in [0.717, 1.165) is 5.56 Å². The van der Waals surface area contributed by atoms with Crippen molar-refractivity contribution in [2.45, 2.75) is 26.3 Å². The molecule has 0 aromatic heterocycles. The first-order valence-electron chi connectivity index (χ1n) is 6.37. The summed E-state index contributed by atoms with van der Waals surface area (Å²) in [5.41, 5.74) is 7.92.